The second-order valence-electron chi connectivity index (χ2n) is 2.34. The minimum Gasteiger partial charge on any atom is -0.350 e. The first-order valence-corrected chi connectivity index (χ1v) is 3.35. The number of carbonyl (C=O) groups is 1. The maximum atomic E-state index is 10.3. The molecule has 66 valence electrons. The van der Waals surface area contributed by atoms with Crippen LogP contribution in [0.1, 0.15) is 11.3 Å². The van der Waals surface area contributed by atoms with E-state index in [1.807, 2.05) is 6.92 Å². The first kappa shape index (κ1) is 8.38. The Labute approximate surface area is 69.1 Å². The van der Waals surface area contributed by atoms with Gasteiger partial charge in [-0.3, -0.25) is 5.43 Å². The molecule has 0 unspecified atom stereocenters. The van der Waals surface area contributed by atoms with Gasteiger partial charge in [-0.05, 0) is 13.8 Å². The molecule has 0 saturated heterocycles. The molecule has 0 atom stereocenters. The molecule has 12 heavy (non-hydrogen) atoms. The van der Waals surface area contributed by atoms with Gasteiger partial charge >= 0.3 is 6.03 Å². The minimum atomic E-state index is -0.677. The van der Waals surface area contributed by atoms with Gasteiger partial charge in [0.2, 0.25) is 5.88 Å². The molecule has 1 heterocycles. The molecule has 6 heteroatoms. The summed E-state index contributed by atoms with van der Waals surface area (Å²) in [5.41, 5.74) is 11.1. The van der Waals surface area contributed by atoms with Crippen LogP contribution >= 0.6 is 0 Å². The maximum absolute atomic E-state index is 10.3. The number of nitrogens with one attached hydrogen (secondary N) is 2. The molecule has 0 aliphatic heterocycles. The molecule has 1 aromatic rings. The number of nitrogens with two attached hydrogens (primary N) is 1. The van der Waals surface area contributed by atoms with Crippen LogP contribution in [-0.2, 0) is 0 Å². The largest absolute Gasteiger partial charge is 0.350 e. The first-order valence-electron chi connectivity index (χ1n) is 3.35. The van der Waals surface area contributed by atoms with Crippen molar-refractivity contribution in [1.29, 1.82) is 0 Å². The van der Waals surface area contributed by atoms with Gasteiger partial charge in [0.1, 0.15) is 0 Å². The lowest BCUT2D eigenvalue weighted by atomic mass is 10.3. The standard InChI is InChI=1S/C6H10N4O2/c1-3-4(2)10-12-5(3)8-9-6(7)11/h8H,1-2H3,(H3,7,9,11). The number of nitrogens with zero attached hydrogens (tertiary/aromatic N) is 1. The van der Waals surface area contributed by atoms with Crippen LogP contribution < -0.4 is 16.6 Å². The van der Waals surface area contributed by atoms with Crippen LogP contribution in [0.3, 0.4) is 0 Å². The normalized spacial score (nSPS) is 9.50. The van der Waals surface area contributed by atoms with Crippen molar-refractivity contribution in [2.75, 3.05) is 5.43 Å². The van der Waals surface area contributed by atoms with Crippen molar-refractivity contribution >= 4 is 11.9 Å². The van der Waals surface area contributed by atoms with E-state index >= 15 is 0 Å². The lowest BCUT2D eigenvalue weighted by Crippen LogP contribution is -2.34. The molecular formula is C6H10N4O2. The summed E-state index contributed by atoms with van der Waals surface area (Å²) >= 11 is 0. The number of hydrazine groups is 1. The Morgan fingerprint density at radius 2 is 2.25 bits per heavy atom. The van der Waals surface area contributed by atoms with Crippen LogP contribution in [0.25, 0.3) is 0 Å². The topological polar surface area (TPSA) is 93.2 Å². The fraction of sp³-hybridized carbons (Fsp3) is 0.333. The van der Waals surface area contributed by atoms with Crippen LogP contribution in [0.2, 0.25) is 0 Å². The van der Waals surface area contributed by atoms with Gasteiger partial charge in [-0.1, -0.05) is 5.16 Å². The Bertz CT molecular complexity index is 294. The second-order valence-corrected chi connectivity index (χ2v) is 2.34. The molecule has 1 rings (SSSR count). The summed E-state index contributed by atoms with van der Waals surface area (Å²) < 4.78 is 4.81. The van der Waals surface area contributed by atoms with E-state index in [1.54, 1.807) is 6.92 Å². The van der Waals surface area contributed by atoms with E-state index < -0.39 is 6.03 Å². The van der Waals surface area contributed by atoms with Crippen LogP contribution in [0.5, 0.6) is 0 Å². The third-order valence-corrected chi connectivity index (χ3v) is 1.46. The lowest BCUT2D eigenvalue weighted by Gasteiger charge is -2.00. The third kappa shape index (κ3) is 1.66. The summed E-state index contributed by atoms with van der Waals surface area (Å²) in [6.45, 7) is 3.62. The number of aryl methyl sites for hydroxylation is 1. The number of anilines is 1. The monoisotopic (exact) mass is 170 g/mol. The molecule has 0 aliphatic carbocycles. The summed E-state index contributed by atoms with van der Waals surface area (Å²) in [4.78, 5) is 10.3. The third-order valence-electron chi connectivity index (χ3n) is 1.46. The molecule has 0 bridgehead atoms. The van der Waals surface area contributed by atoms with Gasteiger partial charge in [-0.2, -0.15) is 0 Å². The number of primary amides is 1. The summed E-state index contributed by atoms with van der Waals surface area (Å²) in [5, 5.41) is 3.66. The van der Waals surface area contributed by atoms with Crippen molar-refractivity contribution in [3.8, 4) is 0 Å². The predicted molar refractivity (Wildman–Crippen MR) is 42.3 cm³/mol. The Kier molecular flexibility index (Phi) is 2.18. The average molecular weight is 170 g/mol. The van der Waals surface area contributed by atoms with Crippen molar-refractivity contribution in [2.45, 2.75) is 13.8 Å². The second kappa shape index (κ2) is 3.12. The Morgan fingerprint density at radius 3 is 2.67 bits per heavy atom. The van der Waals surface area contributed by atoms with Gasteiger partial charge in [-0.15, -0.1) is 0 Å². The molecule has 6 nitrogen and oxygen atoms in total. The van der Waals surface area contributed by atoms with Crippen molar-refractivity contribution in [1.82, 2.24) is 10.6 Å². The molecule has 2 amide bonds. The smallest absolute Gasteiger partial charge is 0.330 e. The first-order chi connectivity index (χ1) is 5.61. The van der Waals surface area contributed by atoms with E-state index in [4.69, 9.17) is 10.3 Å². The van der Waals surface area contributed by atoms with Crippen LogP contribution in [0.15, 0.2) is 4.52 Å². The average Bonchev–Trinajstić information content (AvgIpc) is 2.30. The van der Waals surface area contributed by atoms with Crippen molar-refractivity contribution in [3.05, 3.63) is 11.3 Å². The molecule has 1 aromatic heterocycles. The van der Waals surface area contributed by atoms with Gasteiger partial charge < -0.3 is 10.3 Å². The molecule has 4 N–H and O–H groups in total. The molecule has 0 radical (unpaired) electrons. The van der Waals surface area contributed by atoms with E-state index in [0.717, 1.165) is 11.3 Å². The van der Waals surface area contributed by atoms with E-state index in [9.17, 15) is 4.79 Å². The Balaban J connectivity index is 2.63. The highest BCUT2D eigenvalue weighted by Crippen LogP contribution is 2.15. The molecule has 0 fully saturated rings. The number of urea groups is 1. The summed E-state index contributed by atoms with van der Waals surface area (Å²) in [6.07, 6.45) is 0. The van der Waals surface area contributed by atoms with Crippen molar-refractivity contribution < 1.29 is 9.32 Å². The fourth-order valence-electron chi connectivity index (χ4n) is 0.650. The minimum absolute atomic E-state index is 0.395. The fourth-order valence-corrected chi connectivity index (χ4v) is 0.650. The van der Waals surface area contributed by atoms with Crippen LogP contribution in [0.4, 0.5) is 10.7 Å². The number of hydrogen-bond acceptors (Lipinski definition) is 4. The zero-order chi connectivity index (χ0) is 9.14. The van der Waals surface area contributed by atoms with Gasteiger partial charge in [0.15, 0.2) is 0 Å². The molecule has 0 spiro atoms. The molecular weight excluding hydrogens is 160 g/mol. The maximum Gasteiger partial charge on any atom is 0.330 e. The van der Waals surface area contributed by atoms with Gasteiger partial charge in [0.25, 0.3) is 0 Å². The van der Waals surface area contributed by atoms with Gasteiger partial charge in [0, 0.05) is 5.56 Å². The SMILES string of the molecule is Cc1noc(NNC(N)=O)c1C. The molecule has 0 aromatic carbocycles. The Morgan fingerprint density at radius 1 is 1.58 bits per heavy atom. The molecule has 0 saturated carbocycles. The predicted octanol–water partition coefficient (Wildman–Crippen LogP) is 0.287. The number of amides is 2. The van der Waals surface area contributed by atoms with E-state index in [1.165, 1.54) is 0 Å². The van der Waals surface area contributed by atoms with Crippen molar-refractivity contribution in [3.63, 3.8) is 0 Å². The number of hydrogen-bond donors (Lipinski definition) is 3. The Hall–Kier alpha value is -1.72. The lowest BCUT2D eigenvalue weighted by molar-refractivity contribution is 0.250. The van der Waals surface area contributed by atoms with E-state index in [2.05, 4.69) is 16.0 Å². The van der Waals surface area contributed by atoms with Crippen LogP contribution in [-0.4, -0.2) is 11.2 Å². The summed E-state index contributed by atoms with van der Waals surface area (Å²) in [6, 6.07) is -0.677. The van der Waals surface area contributed by atoms with E-state index in [0.29, 0.717) is 5.88 Å². The van der Waals surface area contributed by atoms with Gasteiger partial charge in [-0.25, -0.2) is 10.2 Å². The zero-order valence-corrected chi connectivity index (χ0v) is 6.84. The summed E-state index contributed by atoms with van der Waals surface area (Å²) in [7, 11) is 0. The number of rotatable bonds is 2. The zero-order valence-electron chi connectivity index (χ0n) is 6.84. The number of carbonyl (C=O) groups excluding carboxylic acids is 1. The molecule has 0 aliphatic rings. The number of aromatic nitrogens is 1. The quantitative estimate of drug-likeness (QED) is 0.556. The van der Waals surface area contributed by atoms with E-state index in [-0.39, 0.29) is 0 Å². The highest BCUT2D eigenvalue weighted by atomic mass is 16.5. The van der Waals surface area contributed by atoms with Gasteiger partial charge in [0.05, 0.1) is 5.69 Å². The van der Waals surface area contributed by atoms with Crippen molar-refractivity contribution in [2.24, 2.45) is 5.73 Å². The summed E-state index contributed by atoms with van der Waals surface area (Å²) in [5.74, 6) is 0.395. The van der Waals surface area contributed by atoms with Crippen LogP contribution in [0, 0.1) is 13.8 Å². The highest BCUT2D eigenvalue weighted by molar-refractivity contribution is 5.73. The highest BCUT2D eigenvalue weighted by Gasteiger charge is 2.07.